The minimum atomic E-state index is -0.568. The fourth-order valence-corrected chi connectivity index (χ4v) is 1.69. The van der Waals surface area contributed by atoms with Crippen molar-refractivity contribution < 1.29 is 9.53 Å². The summed E-state index contributed by atoms with van der Waals surface area (Å²) >= 11 is 1.56. The molecule has 0 fully saturated rings. The molecule has 5 heteroatoms. The zero-order chi connectivity index (χ0) is 12.3. The first kappa shape index (κ1) is 11.7. The van der Waals surface area contributed by atoms with Gasteiger partial charge in [0.15, 0.2) is 0 Å². The van der Waals surface area contributed by atoms with Crippen molar-refractivity contribution in [3.05, 3.63) is 48.3 Å². The molecule has 4 nitrogen and oxygen atoms in total. The van der Waals surface area contributed by atoms with E-state index in [4.69, 9.17) is 10.5 Å². The molecule has 1 atom stereocenters. The molecule has 2 aromatic rings. The fourth-order valence-electron chi connectivity index (χ4n) is 1.28. The summed E-state index contributed by atoms with van der Waals surface area (Å²) in [5.74, 6) is 0.693. The molecule has 1 unspecified atom stereocenters. The van der Waals surface area contributed by atoms with E-state index < -0.39 is 5.91 Å². The Labute approximate surface area is 107 Å². The van der Waals surface area contributed by atoms with Crippen LogP contribution in [0.15, 0.2) is 42.6 Å². The number of aromatic nitrogens is 1. The quantitative estimate of drug-likeness (QED) is 0.823. The number of hydrogen-bond acceptors (Lipinski definition) is 3. The molecule has 0 aliphatic heterocycles. The van der Waals surface area contributed by atoms with Gasteiger partial charge in [-0.15, -0.1) is 0 Å². The number of pyridine rings is 1. The summed E-state index contributed by atoms with van der Waals surface area (Å²) in [6.07, 6.45) is 1.49. The summed E-state index contributed by atoms with van der Waals surface area (Å²) in [5.41, 5.74) is 5.33. The zero-order valence-corrected chi connectivity index (χ0v) is 11.4. The van der Waals surface area contributed by atoms with E-state index >= 15 is 0 Å². The number of hydrogen-bond donors (Lipinski definition) is 1. The van der Waals surface area contributed by atoms with Crippen molar-refractivity contribution in [3.8, 4) is 11.5 Å². The number of rotatable bonds is 3. The van der Waals surface area contributed by atoms with Crippen LogP contribution >= 0.6 is 0 Å². The molecule has 2 rings (SSSR count). The van der Waals surface area contributed by atoms with E-state index in [0.717, 1.165) is 0 Å². The predicted octanol–water partition coefficient (Wildman–Crippen LogP) is 0.231. The Morgan fingerprint density at radius 2 is 1.88 bits per heavy atom. The maximum atomic E-state index is 11.0. The molecular formula is C12H11AsN2O2. The van der Waals surface area contributed by atoms with Crippen LogP contribution in [0.1, 0.15) is 10.5 Å². The SMILES string of the molecule is NC(=O)c1cc(Oc2ccc([AsH2])cc2)ccn1. The second-order valence-electron chi connectivity index (χ2n) is 3.41. The molecule has 0 aliphatic carbocycles. The summed E-state index contributed by atoms with van der Waals surface area (Å²) in [7, 11) is 0. The van der Waals surface area contributed by atoms with Gasteiger partial charge in [-0.1, -0.05) is 0 Å². The van der Waals surface area contributed by atoms with Crippen LogP contribution in [0.5, 0.6) is 11.5 Å². The number of nitrogens with zero attached hydrogens (tertiary/aromatic N) is 1. The third-order valence-electron chi connectivity index (χ3n) is 2.10. The van der Waals surface area contributed by atoms with Gasteiger partial charge in [0.25, 0.3) is 0 Å². The molecule has 0 spiro atoms. The molecule has 0 saturated heterocycles. The zero-order valence-electron chi connectivity index (χ0n) is 8.96. The van der Waals surface area contributed by atoms with Crippen LogP contribution in [0.2, 0.25) is 0 Å². The van der Waals surface area contributed by atoms with E-state index in [1.807, 2.05) is 24.3 Å². The maximum absolute atomic E-state index is 11.0. The number of ether oxygens (including phenoxy) is 1. The van der Waals surface area contributed by atoms with Crippen molar-refractivity contribution >= 4 is 27.1 Å². The first-order valence-electron chi connectivity index (χ1n) is 4.94. The molecule has 1 amide bonds. The van der Waals surface area contributed by atoms with Crippen LogP contribution in [0, 0.1) is 0 Å². The van der Waals surface area contributed by atoms with Crippen LogP contribution in [-0.2, 0) is 0 Å². The van der Waals surface area contributed by atoms with E-state index in [9.17, 15) is 4.79 Å². The van der Waals surface area contributed by atoms with Gasteiger partial charge in [0.2, 0.25) is 0 Å². The molecule has 1 aromatic heterocycles. The molecule has 17 heavy (non-hydrogen) atoms. The Kier molecular flexibility index (Phi) is 3.45. The van der Waals surface area contributed by atoms with Crippen molar-refractivity contribution in [3.63, 3.8) is 0 Å². The third-order valence-corrected chi connectivity index (χ3v) is 2.91. The van der Waals surface area contributed by atoms with Gasteiger partial charge < -0.3 is 0 Å². The number of nitrogens with two attached hydrogens (primary N) is 1. The van der Waals surface area contributed by atoms with Crippen molar-refractivity contribution in [2.75, 3.05) is 0 Å². The van der Waals surface area contributed by atoms with Gasteiger partial charge in [-0.25, -0.2) is 0 Å². The Balaban J connectivity index is 2.21. The van der Waals surface area contributed by atoms with E-state index in [0.29, 0.717) is 11.5 Å². The molecule has 2 N–H and O–H groups in total. The van der Waals surface area contributed by atoms with Gasteiger partial charge in [0.05, 0.1) is 0 Å². The van der Waals surface area contributed by atoms with Crippen LogP contribution in [0.4, 0.5) is 0 Å². The van der Waals surface area contributed by atoms with Gasteiger partial charge in [-0.05, 0) is 0 Å². The van der Waals surface area contributed by atoms with Crippen molar-refractivity contribution in [1.29, 1.82) is 0 Å². The fraction of sp³-hybridized carbons (Fsp3) is 0. The number of benzene rings is 1. The molecule has 86 valence electrons. The first-order chi connectivity index (χ1) is 8.15. The molecule has 0 bridgehead atoms. The Bertz CT molecular complexity index is 540. The van der Waals surface area contributed by atoms with E-state index in [-0.39, 0.29) is 5.69 Å². The topological polar surface area (TPSA) is 65.2 Å². The van der Waals surface area contributed by atoms with Crippen molar-refractivity contribution in [1.82, 2.24) is 4.98 Å². The van der Waals surface area contributed by atoms with Crippen LogP contribution in [0.25, 0.3) is 0 Å². The number of primary amides is 1. The predicted molar refractivity (Wildman–Crippen MR) is 67.4 cm³/mol. The third kappa shape index (κ3) is 3.08. The van der Waals surface area contributed by atoms with E-state index in [1.165, 1.54) is 16.6 Å². The molecule has 1 aromatic carbocycles. The number of amides is 1. The molecular weight excluding hydrogens is 279 g/mol. The Hall–Kier alpha value is -1.80. The van der Waals surface area contributed by atoms with Gasteiger partial charge in [0.1, 0.15) is 0 Å². The normalized spacial score (nSPS) is 9.94. The van der Waals surface area contributed by atoms with Crippen molar-refractivity contribution in [2.24, 2.45) is 5.73 Å². The number of carbonyl (C=O) groups is 1. The van der Waals surface area contributed by atoms with Gasteiger partial charge in [0, 0.05) is 0 Å². The summed E-state index contributed by atoms with van der Waals surface area (Å²) in [6.45, 7) is 0. The van der Waals surface area contributed by atoms with Crippen LogP contribution in [0.3, 0.4) is 0 Å². The molecule has 0 radical (unpaired) electrons. The Morgan fingerprint density at radius 1 is 1.18 bits per heavy atom. The number of carbonyl (C=O) groups excluding carboxylic acids is 1. The second-order valence-corrected chi connectivity index (χ2v) is 4.81. The van der Waals surface area contributed by atoms with Crippen molar-refractivity contribution in [2.45, 2.75) is 0 Å². The standard InChI is InChI=1S/C12H11AsN2O2/c13-8-1-3-9(4-2-8)17-10-5-6-15-11(7-10)12(14)16/h1-7H,13H2,(H2,14,16). The van der Waals surface area contributed by atoms with Gasteiger partial charge >= 0.3 is 107 Å². The van der Waals surface area contributed by atoms with Crippen LogP contribution in [-0.4, -0.2) is 27.7 Å². The summed E-state index contributed by atoms with van der Waals surface area (Å²) in [4.78, 5) is 14.8. The van der Waals surface area contributed by atoms with Crippen LogP contribution < -0.4 is 14.8 Å². The molecule has 1 heterocycles. The van der Waals surface area contributed by atoms with Gasteiger partial charge in [-0.3, -0.25) is 0 Å². The van der Waals surface area contributed by atoms with Gasteiger partial charge in [-0.2, -0.15) is 0 Å². The van der Waals surface area contributed by atoms with E-state index in [1.54, 1.807) is 22.9 Å². The monoisotopic (exact) mass is 290 g/mol. The first-order valence-corrected chi connectivity index (χ1v) is 6.15. The summed E-state index contributed by atoms with van der Waals surface area (Å²) < 4.78 is 6.80. The summed E-state index contributed by atoms with van der Waals surface area (Å²) in [6, 6.07) is 10.9. The summed E-state index contributed by atoms with van der Waals surface area (Å²) in [5, 5.41) is 0. The van der Waals surface area contributed by atoms with E-state index in [2.05, 4.69) is 4.98 Å². The second kappa shape index (κ2) is 5.02. The minimum absolute atomic E-state index is 0.193. The Morgan fingerprint density at radius 3 is 2.53 bits per heavy atom. The molecule has 0 aliphatic rings. The average molecular weight is 290 g/mol. The average Bonchev–Trinajstić information content (AvgIpc) is 2.32. The molecule has 0 saturated carbocycles.